The van der Waals surface area contributed by atoms with E-state index in [-0.39, 0.29) is 24.1 Å². The molecule has 2 rings (SSSR count). The average Bonchev–Trinajstić information content (AvgIpc) is 2.78. The summed E-state index contributed by atoms with van der Waals surface area (Å²) < 4.78 is 1.39. The normalized spacial score (nSPS) is 10.4. The van der Waals surface area contributed by atoms with Crippen LogP contribution in [-0.4, -0.2) is 44.4 Å². The zero-order valence-corrected chi connectivity index (χ0v) is 11.8. The van der Waals surface area contributed by atoms with E-state index < -0.39 is 17.8 Å². The minimum Gasteiger partial charge on any atom is -0.464 e. The van der Waals surface area contributed by atoms with Crippen molar-refractivity contribution in [3.8, 4) is 0 Å². The number of carbonyl (C=O) groups excluding carboxylic acids is 1. The van der Waals surface area contributed by atoms with Gasteiger partial charge in [-0.2, -0.15) is 4.57 Å². The van der Waals surface area contributed by atoms with Crippen LogP contribution in [0.4, 0.5) is 9.59 Å². The van der Waals surface area contributed by atoms with Crippen molar-refractivity contribution in [3.63, 3.8) is 0 Å². The van der Waals surface area contributed by atoms with Crippen LogP contribution in [0.5, 0.6) is 0 Å². The highest BCUT2D eigenvalue weighted by Gasteiger charge is 2.24. The van der Waals surface area contributed by atoms with E-state index in [0.717, 1.165) is 4.57 Å². The van der Waals surface area contributed by atoms with Crippen LogP contribution in [0, 0.1) is 0 Å². The largest absolute Gasteiger partial charge is 0.464 e. The number of rotatable bonds is 4. The van der Waals surface area contributed by atoms with Crippen molar-refractivity contribution in [2.75, 3.05) is 13.1 Å². The molecule has 1 aromatic carbocycles. The zero-order valence-electron chi connectivity index (χ0n) is 11.8. The summed E-state index contributed by atoms with van der Waals surface area (Å²) >= 11 is 0. The number of para-hydroxylation sites is 2. The molecule has 1 aromatic heterocycles. The molecule has 7 heteroatoms. The number of benzene rings is 1. The number of carbonyl (C=O) groups is 2. The van der Waals surface area contributed by atoms with E-state index in [1.54, 1.807) is 12.1 Å². The van der Waals surface area contributed by atoms with E-state index in [9.17, 15) is 19.5 Å². The van der Waals surface area contributed by atoms with E-state index in [2.05, 4.69) is 13.2 Å². The average molecular weight is 301 g/mol. The molecule has 1 amide bonds. The highest BCUT2D eigenvalue weighted by atomic mass is 16.4. The number of imidazole rings is 1. The van der Waals surface area contributed by atoms with Crippen LogP contribution in [0.1, 0.15) is 0 Å². The van der Waals surface area contributed by atoms with Gasteiger partial charge < -0.3 is 10.0 Å². The molecule has 0 saturated heterocycles. The molecule has 0 spiro atoms. The molecular weight excluding hydrogens is 286 g/mol. The highest BCUT2D eigenvalue weighted by Crippen LogP contribution is 2.13. The summed E-state index contributed by atoms with van der Waals surface area (Å²) in [6.07, 6.45) is 1.60. The molecule has 0 aliphatic heterocycles. The summed E-state index contributed by atoms with van der Waals surface area (Å²) in [7, 11) is 0. The fraction of sp³-hybridized carbons (Fsp3) is 0.133. The number of amides is 1. The van der Waals surface area contributed by atoms with Gasteiger partial charge >= 0.3 is 17.8 Å². The fourth-order valence-corrected chi connectivity index (χ4v) is 2.20. The quantitative estimate of drug-likeness (QED) is 0.875. The van der Waals surface area contributed by atoms with E-state index in [1.807, 2.05) is 0 Å². The first-order chi connectivity index (χ1) is 10.5. The van der Waals surface area contributed by atoms with E-state index in [1.165, 1.54) is 29.2 Å². The van der Waals surface area contributed by atoms with Crippen molar-refractivity contribution >= 4 is 23.2 Å². The standard InChI is InChI=1S/C15H15N3O4/c1-3-9-16(10-4-2)13(19)17-11-7-5-6-8-12(11)18(14(17)20)15(21)22/h3-8H,1-2,9-10H2,(H,21,22). The first-order valence-electron chi connectivity index (χ1n) is 6.49. The molecule has 1 heterocycles. The van der Waals surface area contributed by atoms with Crippen molar-refractivity contribution in [1.29, 1.82) is 0 Å². The van der Waals surface area contributed by atoms with Gasteiger partial charge in [0, 0.05) is 13.1 Å². The molecule has 7 nitrogen and oxygen atoms in total. The summed E-state index contributed by atoms with van der Waals surface area (Å²) in [5, 5.41) is 9.20. The highest BCUT2D eigenvalue weighted by molar-refractivity contribution is 5.93. The maximum absolute atomic E-state index is 12.6. The molecule has 0 unspecified atom stereocenters. The Balaban J connectivity index is 2.69. The Kier molecular flexibility index (Phi) is 4.26. The molecule has 0 aliphatic carbocycles. The predicted octanol–water partition coefficient (Wildman–Crippen LogP) is 1.97. The third-order valence-corrected chi connectivity index (χ3v) is 3.10. The molecule has 0 bridgehead atoms. The maximum Gasteiger partial charge on any atom is 0.420 e. The van der Waals surface area contributed by atoms with Gasteiger partial charge in [-0.05, 0) is 12.1 Å². The number of hydrogen-bond donors (Lipinski definition) is 1. The monoisotopic (exact) mass is 301 g/mol. The van der Waals surface area contributed by atoms with Crippen LogP contribution in [0.2, 0.25) is 0 Å². The maximum atomic E-state index is 12.6. The molecule has 1 N–H and O–H groups in total. The third-order valence-electron chi connectivity index (χ3n) is 3.10. The van der Waals surface area contributed by atoms with Crippen LogP contribution in [0.3, 0.4) is 0 Å². The van der Waals surface area contributed by atoms with E-state index >= 15 is 0 Å². The molecule has 2 aromatic rings. The lowest BCUT2D eigenvalue weighted by molar-refractivity contribution is 0.195. The second-order valence-electron chi connectivity index (χ2n) is 4.49. The van der Waals surface area contributed by atoms with Crippen LogP contribution < -0.4 is 5.69 Å². The van der Waals surface area contributed by atoms with Crippen LogP contribution in [-0.2, 0) is 0 Å². The Morgan fingerprint density at radius 2 is 1.59 bits per heavy atom. The van der Waals surface area contributed by atoms with E-state index in [4.69, 9.17) is 0 Å². The summed E-state index contributed by atoms with van der Waals surface area (Å²) in [5.41, 5.74) is -0.527. The third kappa shape index (κ3) is 2.44. The molecular formula is C15H15N3O4. The van der Waals surface area contributed by atoms with Gasteiger partial charge in [0.1, 0.15) is 0 Å². The van der Waals surface area contributed by atoms with Gasteiger partial charge in [-0.3, -0.25) is 0 Å². The van der Waals surface area contributed by atoms with Crippen molar-refractivity contribution in [1.82, 2.24) is 14.0 Å². The summed E-state index contributed by atoms with van der Waals surface area (Å²) in [4.78, 5) is 37.5. The van der Waals surface area contributed by atoms with E-state index in [0.29, 0.717) is 4.57 Å². The topological polar surface area (TPSA) is 84.5 Å². The van der Waals surface area contributed by atoms with Crippen molar-refractivity contribution in [2.45, 2.75) is 0 Å². The smallest absolute Gasteiger partial charge is 0.420 e. The number of aromatic nitrogens is 2. The number of fused-ring (bicyclic) bond motifs is 1. The van der Waals surface area contributed by atoms with Crippen LogP contribution >= 0.6 is 0 Å². The Morgan fingerprint density at radius 3 is 2.05 bits per heavy atom. The lowest BCUT2D eigenvalue weighted by Gasteiger charge is -2.19. The molecule has 0 saturated carbocycles. The summed E-state index contributed by atoms with van der Waals surface area (Å²) in [5.74, 6) is 0. The van der Waals surface area contributed by atoms with Gasteiger partial charge in [-0.15, -0.1) is 13.2 Å². The fourth-order valence-electron chi connectivity index (χ4n) is 2.20. The number of hydrogen-bond acceptors (Lipinski definition) is 3. The molecule has 0 atom stereocenters. The second kappa shape index (κ2) is 6.13. The zero-order chi connectivity index (χ0) is 16.3. The Morgan fingerprint density at radius 1 is 1.09 bits per heavy atom. The van der Waals surface area contributed by atoms with Gasteiger partial charge in [0.05, 0.1) is 11.0 Å². The van der Waals surface area contributed by atoms with Crippen LogP contribution in [0.15, 0.2) is 54.4 Å². The molecule has 114 valence electrons. The van der Waals surface area contributed by atoms with Gasteiger partial charge in [0.25, 0.3) is 0 Å². The molecule has 0 aliphatic rings. The Hall–Kier alpha value is -3.09. The predicted molar refractivity (Wildman–Crippen MR) is 82.4 cm³/mol. The molecule has 22 heavy (non-hydrogen) atoms. The Labute approximate surface area is 126 Å². The van der Waals surface area contributed by atoms with Gasteiger partial charge in [0.2, 0.25) is 0 Å². The van der Waals surface area contributed by atoms with Crippen LogP contribution in [0.25, 0.3) is 11.0 Å². The minimum atomic E-state index is -1.44. The van der Waals surface area contributed by atoms with Gasteiger partial charge in [0.15, 0.2) is 0 Å². The number of carboxylic acid groups (broad SMARTS) is 1. The second-order valence-corrected chi connectivity index (χ2v) is 4.49. The van der Waals surface area contributed by atoms with Crippen molar-refractivity contribution in [2.24, 2.45) is 0 Å². The van der Waals surface area contributed by atoms with Crippen molar-refractivity contribution in [3.05, 3.63) is 60.1 Å². The lowest BCUT2D eigenvalue weighted by atomic mass is 10.3. The van der Waals surface area contributed by atoms with Crippen molar-refractivity contribution < 1.29 is 14.7 Å². The molecule has 0 radical (unpaired) electrons. The first kappa shape index (κ1) is 15.3. The van der Waals surface area contributed by atoms with Gasteiger partial charge in [-0.1, -0.05) is 24.3 Å². The summed E-state index contributed by atoms with van der Waals surface area (Å²) in [6.45, 7) is 7.55. The molecule has 0 fully saturated rings. The lowest BCUT2D eigenvalue weighted by Crippen LogP contribution is -2.41. The first-order valence-corrected chi connectivity index (χ1v) is 6.49. The summed E-state index contributed by atoms with van der Waals surface area (Å²) in [6, 6.07) is 5.60. The SMILES string of the molecule is C=CCN(CC=C)C(=O)n1c(=O)n(C(=O)O)c2ccccc21. The number of nitrogens with zero attached hydrogens (tertiary/aromatic N) is 3. The minimum absolute atomic E-state index is 0.158. The Bertz CT molecular complexity index is 806. The van der Waals surface area contributed by atoms with Gasteiger partial charge in [-0.25, -0.2) is 19.0 Å².